The van der Waals surface area contributed by atoms with Gasteiger partial charge in [0.2, 0.25) is 0 Å². The van der Waals surface area contributed by atoms with E-state index in [0.29, 0.717) is 0 Å². The minimum Gasteiger partial charge on any atom is -0.307 e. The summed E-state index contributed by atoms with van der Waals surface area (Å²) >= 11 is 0. The summed E-state index contributed by atoms with van der Waals surface area (Å²) in [6.07, 6.45) is 0. The van der Waals surface area contributed by atoms with Crippen molar-refractivity contribution in [3.63, 3.8) is 0 Å². The average molecular weight is 738 g/mol. The second-order valence-corrected chi connectivity index (χ2v) is 15.2. The topological polar surface area (TPSA) is 22.2 Å². The Morgan fingerprint density at radius 1 is 0.293 bits per heavy atom. The first-order chi connectivity index (χ1) is 28.8. The molecular weight excluding hydrogens is 703 g/mol. The van der Waals surface area contributed by atoms with Crippen LogP contribution in [0.1, 0.15) is 0 Å². The molecule has 12 aromatic rings. The van der Waals surface area contributed by atoms with Crippen molar-refractivity contribution in [2.45, 2.75) is 0 Å². The van der Waals surface area contributed by atoms with Crippen LogP contribution in [0, 0.1) is 0 Å². The van der Waals surface area contributed by atoms with Crippen molar-refractivity contribution in [3.8, 4) is 50.5 Å². The third-order valence-electron chi connectivity index (χ3n) is 11.9. The molecule has 0 radical (unpaired) electrons. The summed E-state index contributed by atoms with van der Waals surface area (Å²) in [6, 6.07) is 76.8. The van der Waals surface area contributed by atoms with Crippen LogP contribution in [0.4, 0.5) is 0 Å². The fourth-order valence-corrected chi connectivity index (χ4v) is 9.16. The van der Waals surface area contributed by atoms with Crippen LogP contribution < -0.4 is 0 Å². The lowest BCUT2D eigenvalue weighted by molar-refractivity contribution is 1.08. The lowest BCUT2D eigenvalue weighted by Crippen LogP contribution is -2.01. The molecule has 4 heterocycles. The van der Waals surface area contributed by atoms with E-state index in [2.05, 4.69) is 221 Å². The highest BCUT2D eigenvalue weighted by Crippen LogP contribution is 2.42. The molecule has 12 rings (SSSR count). The molecule has 4 aromatic heterocycles. The van der Waals surface area contributed by atoms with Crippen LogP contribution in [0.25, 0.3) is 110 Å². The van der Waals surface area contributed by atoms with Gasteiger partial charge in [-0.1, -0.05) is 182 Å². The Balaban J connectivity index is 1.16. The minimum atomic E-state index is 0.880. The molecule has 0 atom stereocenters. The summed E-state index contributed by atoms with van der Waals surface area (Å²) in [5, 5.41) is 7.35. The molecule has 0 amide bonds. The van der Waals surface area contributed by atoms with Crippen LogP contribution >= 0.6 is 0 Å². The maximum Gasteiger partial charge on any atom is 0.138 e. The number of hydrogen-bond acceptors (Lipinski definition) is 1. The lowest BCUT2D eigenvalue weighted by atomic mass is 9.98. The van der Waals surface area contributed by atoms with Crippen molar-refractivity contribution in [2.24, 2.45) is 0 Å². The van der Waals surface area contributed by atoms with Crippen molar-refractivity contribution in [1.29, 1.82) is 0 Å². The Kier molecular flexibility index (Phi) is 7.23. The molecular formula is C55H35N3. The maximum atomic E-state index is 5.58. The van der Waals surface area contributed by atoms with E-state index in [0.717, 1.165) is 39.2 Å². The van der Waals surface area contributed by atoms with E-state index in [9.17, 15) is 0 Å². The quantitative estimate of drug-likeness (QED) is 0.161. The molecule has 0 fully saturated rings. The number of pyridine rings is 2. The van der Waals surface area contributed by atoms with E-state index in [4.69, 9.17) is 4.98 Å². The van der Waals surface area contributed by atoms with Gasteiger partial charge in [0.1, 0.15) is 5.82 Å². The number of aromatic nitrogens is 3. The molecule has 0 aliphatic carbocycles. The van der Waals surface area contributed by atoms with Gasteiger partial charge in [-0.3, -0.25) is 4.57 Å². The van der Waals surface area contributed by atoms with Crippen LogP contribution in [0.5, 0.6) is 0 Å². The van der Waals surface area contributed by atoms with Gasteiger partial charge >= 0.3 is 0 Å². The molecule has 3 heteroatoms. The summed E-state index contributed by atoms with van der Waals surface area (Å²) in [5.41, 5.74) is 14.9. The number of rotatable bonds is 5. The van der Waals surface area contributed by atoms with Crippen molar-refractivity contribution < 1.29 is 0 Å². The second kappa shape index (κ2) is 12.9. The first kappa shape index (κ1) is 32.5. The summed E-state index contributed by atoms with van der Waals surface area (Å²) in [7, 11) is 0. The SMILES string of the molecule is c1ccc(-c2ccc(-c3cc(-c4ccc(-c5ccccc5)cc4)nc(-n4c5ccccc5c5ccc6cc7c8ccccc8c8ccccc8n7c6c54)c3)cc2)cc1. The van der Waals surface area contributed by atoms with Gasteiger partial charge in [0.05, 0.1) is 33.3 Å². The van der Waals surface area contributed by atoms with E-state index in [1.807, 2.05) is 0 Å². The van der Waals surface area contributed by atoms with Crippen LogP contribution in [0.3, 0.4) is 0 Å². The predicted molar refractivity (Wildman–Crippen MR) is 244 cm³/mol. The fourth-order valence-electron chi connectivity index (χ4n) is 9.16. The van der Waals surface area contributed by atoms with Gasteiger partial charge in [0.15, 0.2) is 0 Å². The van der Waals surface area contributed by atoms with E-state index in [1.54, 1.807) is 0 Å². The lowest BCUT2D eigenvalue weighted by Gasteiger charge is -2.15. The van der Waals surface area contributed by atoms with Crippen molar-refractivity contribution >= 4 is 59.9 Å². The zero-order valence-corrected chi connectivity index (χ0v) is 31.5. The van der Waals surface area contributed by atoms with E-state index in [-0.39, 0.29) is 0 Å². The van der Waals surface area contributed by atoms with Gasteiger partial charge in [-0.2, -0.15) is 0 Å². The van der Waals surface area contributed by atoms with Crippen LogP contribution in [0.2, 0.25) is 0 Å². The molecule has 0 unspecified atom stereocenters. The Bertz CT molecular complexity index is 3420. The number of para-hydroxylation sites is 2. The Morgan fingerprint density at radius 2 is 0.776 bits per heavy atom. The largest absolute Gasteiger partial charge is 0.307 e. The summed E-state index contributed by atoms with van der Waals surface area (Å²) in [6.45, 7) is 0. The normalized spacial score (nSPS) is 11.8. The van der Waals surface area contributed by atoms with E-state index >= 15 is 0 Å². The molecule has 0 saturated carbocycles. The molecule has 0 aliphatic heterocycles. The van der Waals surface area contributed by atoms with Gasteiger partial charge in [-0.15, -0.1) is 0 Å². The number of benzene rings is 8. The highest BCUT2D eigenvalue weighted by molar-refractivity contribution is 6.22. The number of nitrogens with zero attached hydrogens (tertiary/aromatic N) is 3. The van der Waals surface area contributed by atoms with Crippen molar-refractivity contribution in [1.82, 2.24) is 14.0 Å². The Labute approximate surface area is 335 Å². The van der Waals surface area contributed by atoms with Crippen molar-refractivity contribution in [3.05, 3.63) is 212 Å². The van der Waals surface area contributed by atoms with E-state index in [1.165, 1.54) is 71.1 Å². The molecule has 0 N–H and O–H groups in total. The Morgan fingerprint density at radius 3 is 1.41 bits per heavy atom. The fraction of sp³-hybridized carbons (Fsp3) is 0. The zero-order valence-electron chi connectivity index (χ0n) is 31.5. The van der Waals surface area contributed by atoms with Gasteiger partial charge in [-0.25, -0.2) is 4.98 Å². The molecule has 58 heavy (non-hydrogen) atoms. The van der Waals surface area contributed by atoms with Crippen LogP contribution in [0.15, 0.2) is 212 Å². The molecule has 0 saturated heterocycles. The standard InChI is InChI=1S/C55H35N3/c1-3-13-36(14-4-1)38-23-25-40(26-24-38)43-33-49(41-29-27-39(28-30-41)37-15-5-2-6-16-37)56-53(35-43)58-51-22-12-10-20-47(51)48-32-31-42-34-52-46-19-8-7-17-44(46)45-18-9-11-21-50(45)57(52)54(42)55(48)58/h1-35H. The van der Waals surface area contributed by atoms with Gasteiger partial charge < -0.3 is 4.40 Å². The number of fused-ring (bicyclic) bond motifs is 12. The van der Waals surface area contributed by atoms with Crippen molar-refractivity contribution in [2.75, 3.05) is 0 Å². The molecule has 8 aromatic carbocycles. The molecule has 0 aliphatic rings. The number of hydrogen-bond donors (Lipinski definition) is 0. The smallest absolute Gasteiger partial charge is 0.138 e. The third kappa shape index (κ3) is 5.04. The molecule has 270 valence electrons. The monoisotopic (exact) mass is 737 g/mol. The van der Waals surface area contributed by atoms with Gasteiger partial charge in [-0.05, 0) is 69.1 Å². The summed E-state index contributed by atoms with van der Waals surface area (Å²) in [4.78, 5) is 5.58. The van der Waals surface area contributed by atoms with E-state index < -0.39 is 0 Å². The summed E-state index contributed by atoms with van der Waals surface area (Å²) in [5.74, 6) is 0.880. The van der Waals surface area contributed by atoms with Gasteiger partial charge in [0.25, 0.3) is 0 Å². The van der Waals surface area contributed by atoms with Gasteiger partial charge in [0, 0.05) is 32.5 Å². The molecule has 0 spiro atoms. The van der Waals surface area contributed by atoms with Crippen LogP contribution in [-0.2, 0) is 0 Å². The first-order valence-corrected chi connectivity index (χ1v) is 19.9. The average Bonchev–Trinajstić information content (AvgIpc) is 3.87. The first-order valence-electron chi connectivity index (χ1n) is 19.9. The third-order valence-corrected chi connectivity index (χ3v) is 11.9. The van der Waals surface area contributed by atoms with Crippen LogP contribution in [-0.4, -0.2) is 14.0 Å². The Hall–Kier alpha value is -7.75. The summed E-state index contributed by atoms with van der Waals surface area (Å²) < 4.78 is 4.90. The predicted octanol–water partition coefficient (Wildman–Crippen LogP) is 14.6. The zero-order chi connectivity index (χ0) is 38.2. The highest BCUT2D eigenvalue weighted by Gasteiger charge is 2.21. The maximum absolute atomic E-state index is 5.58. The molecule has 3 nitrogen and oxygen atoms in total. The molecule has 0 bridgehead atoms. The second-order valence-electron chi connectivity index (χ2n) is 15.2. The minimum absolute atomic E-state index is 0.880. The highest BCUT2D eigenvalue weighted by atomic mass is 15.1.